The zero-order valence-corrected chi connectivity index (χ0v) is 15.3. The third-order valence-electron chi connectivity index (χ3n) is 3.80. The van der Waals surface area contributed by atoms with Gasteiger partial charge in [-0.2, -0.15) is 0 Å². The van der Waals surface area contributed by atoms with E-state index in [4.69, 9.17) is 16.3 Å². The lowest BCUT2D eigenvalue weighted by molar-refractivity contribution is -0.143. The first-order valence-corrected chi connectivity index (χ1v) is 8.71. The van der Waals surface area contributed by atoms with Gasteiger partial charge < -0.3 is 20.5 Å². The SMILES string of the molecule is CCCCC1=C(C(=O)OC(C)C)C(c2cc(Cl)ccc2O)NC(=O)N1. The van der Waals surface area contributed by atoms with Crippen LogP contribution in [0.25, 0.3) is 0 Å². The van der Waals surface area contributed by atoms with Crippen molar-refractivity contribution in [3.05, 3.63) is 40.1 Å². The minimum atomic E-state index is -0.828. The largest absolute Gasteiger partial charge is 0.508 e. The zero-order chi connectivity index (χ0) is 18.6. The summed E-state index contributed by atoms with van der Waals surface area (Å²) in [5.41, 5.74) is 1.16. The number of benzene rings is 1. The molecule has 2 amide bonds. The molecule has 1 aliphatic rings. The van der Waals surface area contributed by atoms with Gasteiger partial charge in [-0.1, -0.05) is 24.9 Å². The first-order chi connectivity index (χ1) is 11.8. The van der Waals surface area contributed by atoms with Gasteiger partial charge in [0.25, 0.3) is 0 Å². The third-order valence-corrected chi connectivity index (χ3v) is 4.03. The quantitative estimate of drug-likeness (QED) is 0.668. The average Bonchev–Trinajstić information content (AvgIpc) is 2.53. The van der Waals surface area contributed by atoms with E-state index in [2.05, 4.69) is 10.6 Å². The second kappa shape index (κ2) is 8.25. The Hall–Kier alpha value is -2.21. The van der Waals surface area contributed by atoms with Gasteiger partial charge in [0.05, 0.1) is 17.7 Å². The Morgan fingerprint density at radius 3 is 2.76 bits per heavy atom. The van der Waals surface area contributed by atoms with Gasteiger partial charge in [0.15, 0.2) is 0 Å². The summed E-state index contributed by atoms with van der Waals surface area (Å²) >= 11 is 6.03. The maximum Gasteiger partial charge on any atom is 0.338 e. The van der Waals surface area contributed by atoms with Gasteiger partial charge in [-0.05, 0) is 44.9 Å². The Morgan fingerprint density at radius 2 is 2.12 bits per heavy atom. The molecule has 1 aliphatic heterocycles. The minimum absolute atomic E-state index is 0.0544. The van der Waals surface area contributed by atoms with Crippen LogP contribution in [0, 0.1) is 0 Å². The summed E-state index contributed by atoms with van der Waals surface area (Å²) in [5.74, 6) is -0.584. The number of urea groups is 1. The lowest BCUT2D eigenvalue weighted by Crippen LogP contribution is -2.46. The van der Waals surface area contributed by atoms with Gasteiger partial charge in [-0.15, -0.1) is 0 Å². The molecule has 2 rings (SSSR count). The number of carbonyl (C=O) groups is 2. The Bertz CT molecular complexity index is 700. The molecule has 0 radical (unpaired) electrons. The van der Waals surface area contributed by atoms with E-state index >= 15 is 0 Å². The van der Waals surface area contributed by atoms with Crippen LogP contribution in [0.5, 0.6) is 5.75 Å². The van der Waals surface area contributed by atoms with E-state index in [1.54, 1.807) is 13.8 Å². The third kappa shape index (κ3) is 4.66. The van der Waals surface area contributed by atoms with Crippen LogP contribution in [0.2, 0.25) is 5.02 Å². The summed E-state index contributed by atoms with van der Waals surface area (Å²) in [5, 5.41) is 16.0. The first kappa shape index (κ1) is 19.1. The molecular formula is C18H23ClN2O4. The van der Waals surface area contributed by atoms with Gasteiger partial charge in [-0.3, -0.25) is 0 Å². The number of phenolic OH excluding ortho intramolecular Hbond substituents is 1. The Labute approximate surface area is 152 Å². The standard InChI is InChI=1S/C18H23ClN2O4/c1-4-5-6-13-15(17(23)25-10(2)3)16(21-18(24)20-13)12-9-11(19)7-8-14(12)22/h7-10,16,22H,4-6H2,1-3H3,(H2,20,21,24). The summed E-state index contributed by atoms with van der Waals surface area (Å²) < 4.78 is 5.35. The maximum absolute atomic E-state index is 12.7. The van der Waals surface area contributed by atoms with Crippen molar-refractivity contribution in [2.24, 2.45) is 0 Å². The van der Waals surface area contributed by atoms with Crippen LogP contribution in [0.3, 0.4) is 0 Å². The van der Waals surface area contributed by atoms with Gasteiger partial charge in [0, 0.05) is 16.3 Å². The fraction of sp³-hybridized carbons (Fsp3) is 0.444. The molecular weight excluding hydrogens is 344 g/mol. The number of amides is 2. The minimum Gasteiger partial charge on any atom is -0.508 e. The van der Waals surface area contributed by atoms with Crippen LogP contribution >= 0.6 is 11.6 Å². The molecule has 1 heterocycles. The fourth-order valence-electron chi connectivity index (χ4n) is 2.68. The maximum atomic E-state index is 12.7. The van der Waals surface area contributed by atoms with Crippen molar-refractivity contribution in [1.29, 1.82) is 0 Å². The molecule has 1 aromatic rings. The smallest absolute Gasteiger partial charge is 0.338 e. The van der Waals surface area contributed by atoms with Crippen molar-refractivity contribution in [2.45, 2.75) is 52.2 Å². The normalized spacial score (nSPS) is 17.3. The average molecular weight is 367 g/mol. The van der Waals surface area contributed by atoms with Gasteiger partial charge in [-0.25, -0.2) is 9.59 Å². The van der Waals surface area contributed by atoms with Crippen LogP contribution in [0.15, 0.2) is 29.5 Å². The van der Waals surface area contributed by atoms with E-state index < -0.39 is 18.0 Å². The number of hydrogen-bond donors (Lipinski definition) is 3. The van der Waals surface area contributed by atoms with Crippen molar-refractivity contribution < 1.29 is 19.4 Å². The molecule has 136 valence electrons. The van der Waals surface area contributed by atoms with Crippen LogP contribution in [0.1, 0.15) is 51.6 Å². The van der Waals surface area contributed by atoms with Gasteiger partial charge >= 0.3 is 12.0 Å². The Morgan fingerprint density at radius 1 is 1.40 bits per heavy atom. The molecule has 0 bridgehead atoms. The highest BCUT2D eigenvalue weighted by atomic mass is 35.5. The summed E-state index contributed by atoms with van der Waals surface area (Å²) in [6.07, 6.45) is 1.94. The van der Waals surface area contributed by atoms with E-state index in [0.29, 0.717) is 28.3 Å². The lowest BCUT2D eigenvalue weighted by Gasteiger charge is -2.30. The van der Waals surface area contributed by atoms with Crippen molar-refractivity contribution in [1.82, 2.24) is 10.6 Å². The highest BCUT2D eigenvalue weighted by Crippen LogP contribution is 2.35. The highest BCUT2D eigenvalue weighted by Gasteiger charge is 2.35. The molecule has 0 saturated carbocycles. The number of hydrogen-bond acceptors (Lipinski definition) is 4. The monoisotopic (exact) mass is 366 g/mol. The first-order valence-electron chi connectivity index (χ1n) is 8.33. The van der Waals surface area contributed by atoms with Crippen LogP contribution < -0.4 is 10.6 Å². The molecule has 0 spiro atoms. The van der Waals surface area contributed by atoms with Crippen molar-refractivity contribution in [3.8, 4) is 5.75 Å². The predicted octanol–water partition coefficient (Wildman–Crippen LogP) is 3.80. The topological polar surface area (TPSA) is 87.7 Å². The zero-order valence-electron chi connectivity index (χ0n) is 14.6. The van der Waals surface area contributed by atoms with Crippen LogP contribution in [0.4, 0.5) is 4.79 Å². The number of rotatable bonds is 6. The molecule has 1 atom stereocenters. The number of nitrogens with one attached hydrogen (secondary N) is 2. The molecule has 3 N–H and O–H groups in total. The van der Waals surface area contributed by atoms with Crippen LogP contribution in [-0.2, 0) is 9.53 Å². The Kier molecular flexibility index (Phi) is 6.31. The lowest BCUT2D eigenvalue weighted by atomic mass is 9.93. The number of halogens is 1. The highest BCUT2D eigenvalue weighted by molar-refractivity contribution is 6.30. The summed E-state index contributed by atoms with van der Waals surface area (Å²) in [6.45, 7) is 5.53. The van der Waals surface area contributed by atoms with Crippen molar-refractivity contribution >= 4 is 23.6 Å². The van der Waals surface area contributed by atoms with Gasteiger partial charge in [0.2, 0.25) is 0 Å². The second-order valence-corrected chi connectivity index (χ2v) is 6.62. The molecule has 7 heteroatoms. The summed E-state index contributed by atoms with van der Waals surface area (Å²) in [4.78, 5) is 24.8. The number of carbonyl (C=O) groups excluding carboxylic acids is 2. The number of phenols is 1. The van der Waals surface area contributed by atoms with Crippen LogP contribution in [-0.4, -0.2) is 23.2 Å². The van der Waals surface area contributed by atoms with E-state index in [9.17, 15) is 14.7 Å². The molecule has 1 aromatic carbocycles. The molecule has 0 fully saturated rings. The Balaban J connectivity index is 2.54. The van der Waals surface area contributed by atoms with E-state index in [0.717, 1.165) is 12.8 Å². The number of allylic oxidation sites excluding steroid dienone is 1. The number of esters is 1. The summed E-state index contributed by atoms with van der Waals surface area (Å²) in [6, 6.07) is 3.25. The number of aromatic hydroxyl groups is 1. The molecule has 0 aliphatic carbocycles. The van der Waals surface area contributed by atoms with E-state index in [1.807, 2.05) is 6.92 Å². The molecule has 0 aromatic heterocycles. The van der Waals surface area contributed by atoms with Crippen molar-refractivity contribution in [2.75, 3.05) is 0 Å². The number of ether oxygens (including phenoxy) is 1. The molecule has 0 saturated heterocycles. The molecule has 25 heavy (non-hydrogen) atoms. The predicted molar refractivity (Wildman–Crippen MR) is 95.3 cm³/mol. The molecule has 6 nitrogen and oxygen atoms in total. The van der Waals surface area contributed by atoms with Crippen molar-refractivity contribution in [3.63, 3.8) is 0 Å². The van der Waals surface area contributed by atoms with Gasteiger partial charge in [0.1, 0.15) is 5.75 Å². The summed E-state index contributed by atoms with van der Waals surface area (Å²) in [7, 11) is 0. The van der Waals surface area contributed by atoms with E-state index in [-0.39, 0.29) is 11.9 Å². The van der Waals surface area contributed by atoms with E-state index in [1.165, 1.54) is 18.2 Å². The fourth-order valence-corrected chi connectivity index (χ4v) is 2.86. The second-order valence-electron chi connectivity index (χ2n) is 6.18. The molecule has 1 unspecified atom stereocenters. The number of unbranched alkanes of at least 4 members (excludes halogenated alkanes) is 1.